The van der Waals surface area contributed by atoms with Crippen LogP contribution >= 0.6 is 0 Å². The van der Waals surface area contributed by atoms with E-state index in [0.29, 0.717) is 0 Å². The second-order valence-corrected chi connectivity index (χ2v) is 15.3. The topological polar surface area (TPSA) is 3.24 Å². The Morgan fingerprint density at radius 3 is 1.57 bits per heavy atom. The highest BCUT2D eigenvalue weighted by Crippen LogP contribution is 2.55. The van der Waals surface area contributed by atoms with Crippen LogP contribution in [0.2, 0.25) is 0 Å². The Kier molecular flexibility index (Phi) is 8.23. The average Bonchev–Trinajstić information content (AvgIpc) is 3.50. The van der Waals surface area contributed by atoms with Crippen LogP contribution in [-0.2, 0) is 5.41 Å². The molecule has 0 saturated carbocycles. The third kappa shape index (κ3) is 5.72. The summed E-state index contributed by atoms with van der Waals surface area (Å²) in [5.41, 5.74) is 18.3. The molecular formula is C55H41N. The zero-order valence-electron chi connectivity index (χ0n) is 31.7. The Labute approximate surface area is 329 Å². The molecule has 0 aliphatic heterocycles. The largest absolute Gasteiger partial charge is 0.309 e. The van der Waals surface area contributed by atoms with E-state index in [4.69, 9.17) is 0 Å². The summed E-state index contributed by atoms with van der Waals surface area (Å²) >= 11 is 0. The number of benzene rings is 9. The van der Waals surface area contributed by atoms with Crippen molar-refractivity contribution in [3.05, 3.63) is 223 Å². The molecule has 9 aromatic carbocycles. The van der Waals surface area contributed by atoms with Crippen molar-refractivity contribution < 1.29 is 0 Å². The molecular weight excluding hydrogens is 675 g/mol. The lowest BCUT2D eigenvalue weighted by molar-refractivity contribution is 0.660. The highest BCUT2D eigenvalue weighted by molar-refractivity contribution is 5.98. The fourth-order valence-corrected chi connectivity index (χ4v) is 8.85. The second kappa shape index (κ2) is 13.7. The molecule has 0 unspecified atom stereocenters. The normalized spacial score (nSPS) is 12.6. The van der Waals surface area contributed by atoms with E-state index in [1.54, 1.807) is 0 Å². The maximum Gasteiger partial charge on any atom is 0.0543 e. The first-order valence-electron chi connectivity index (χ1n) is 19.5. The lowest BCUT2D eigenvalue weighted by Crippen LogP contribution is -2.16. The Bertz CT molecular complexity index is 2860. The summed E-state index contributed by atoms with van der Waals surface area (Å²) in [6.45, 7) is 4.71. The monoisotopic (exact) mass is 715 g/mol. The minimum absolute atomic E-state index is 0.114. The quantitative estimate of drug-likeness (QED) is 0.159. The van der Waals surface area contributed by atoms with Crippen LogP contribution in [0.25, 0.3) is 66.4 Å². The van der Waals surface area contributed by atoms with Crippen LogP contribution in [0.3, 0.4) is 0 Å². The van der Waals surface area contributed by atoms with Gasteiger partial charge in [-0.25, -0.2) is 0 Å². The van der Waals surface area contributed by atoms with Crippen LogP contribution < -0.4 is 4.90 Å². The predicted octanol–water partition coefficient (Wildman–Crippen LogP) is 15.3. The van der Waals surface area contributed by atoms with E-state index >= 15 is 0 Å². The van der Waals surface area contributed by atoms with Crippen molar-refractivity contribution in [3.63, 3.8) is 0 Å². The van der Waals surface area contributed by atoms with Gasteiger partial charge in [-0.05, 0) is 96.7 Å². The van der Waals surface area contributed by atoms with Crippen LogP contribution in [0.15, 0.2) is 212 Å². The second-order valence-electron chi connectivity index (χ2n) is 15.3. The molecule has 0 saturated heterocycles. The Morgan fingerprint density at radius 1 is 0.321 bits per heavy atom. The molecule has 1 aliphatic carbocycles. The van der Waals surface area contributed by atoms with Crippen molar-refractivity contribution in [3.8, 4) is 55.6 Å². The van der Waals surface area contributed by atoms with Gasteiger partial charge in [0.2, 0.25) is 0 Å². The Balaban J connectivity index is 1.12. The van der Waals surface area contributed by atoms with Crippen molar-refractivity contribution >= 4 is 27.8 Å². The molecule has 0 aromatic heterocycles. The summed E-state index contributed by atoms with van der Waals surface area (Å²) < 4.78 is 0. The standard InChI is InChI=1S/C55H41N/c1-55(2)50-23-12-10-22-49(50)54-51(55)24-14-26-53(54)56(45-35-33-41(34-36-45)47-20-9-8-19-46(47)40-16-4-3-5-17-40)52-25-13-11-21-48(52)42-30-27-39(28-31-42)44-32-29-38-15-6-7-18-43(38)37-44/h3-37H,1-2H3. The molecule has 1 aliphatic rings. The van der Waals surface area contributed by atoms with Gasteiger partial charge < -0.3 is 4.90 Å². The van der Waals surface area contributed by atoms with E-state index in [1.807, 2.05) is 0 Å². The zero-order valence-corrected chi connectivity index (χ0v) is 31.7. The van der Waals surface area contributed by atoms with E-state index < -0.39 is 0 Å². The number of para-hydroxylation sites is 1. The molecule has 10 rings (SSSR count). The van der Waals surface area contributed by atoms with Crippen molar-refractivity contribution in [1.29, 1.82) is 0 Å². The number of hydrogen-bond donors (Lipinski definition) is 0. The first-order chi connectivity index (χ1) is 27.5. The summed E-state index contributed by atoms with van der Waals surface area (Å²) in [5, 5.41) is 2.51. The average molecular weight is 716 g/mol. The molecule has 0 fully saturated rings. The van der Waals surface area contributed by atoms with Crippen LogP contribution in [0.5, 0.6) is 0 Å². The minimum Gasteiger partial charge on any atom is -0.309 e. The Hall–Kier alpha value is -6.96. The van der Waals surface area contributed by atoms with Gasteiger partial charge in [-0.3, -0.25) is 0 Å². The molecule has 9 aromatic rings. The molecule has 0 bridgehead atoms. The molecule has 0 radical (unpaired) electrons. The van der Waals surface area contributed by atoms with Crippen molar-refractivity contribution in [2.24, 2.45) is 0 Å². The zero-order chi connectivity index (χ0) is 37.6. The van der Waals surface area contributed by atoms with E-state index in [0.717, 1.165) is 11.4 Å². The lowest BCUT2D eigenvalue weighted by atomic mass is 9.82. The van der Waals surface area contributed by atoms with Crippen LogP contribution in [0, 0.1) is 0 Å². The van der Waals surface area contributed by atoms with Gasteiger partial charge in [-0.15, -0.1) is 0 Å². The molecule has 1 heteroatoms. The van der Waals surface area contributed by atoms with Crippen molar-refractivity contribution in [2.45, 2.75) is 19.3 Å². The third-order valence-electron chi connectivity index (χ3n) is 11.7. The fourth-order valence-electron chi connectivity index (χ4n) is 8.85. The molecule has 0 N–H and O–H groups in total. The van der Waals surface area contributed by atoms with Crippen molar-refractivity contribution in [2.75, 3.05) is 4.90 Å². The van der Waals surface area contributed by atoms with Gasteiger partial charge in [-0.2, -0.15) is 0 Å². The van der Waals surface area contributed by atoms with E-state index in [9.17, 15) is 0 Å². The van der Waals surface area contributed by atoms with Crippen LogP contribution in [0.1, 0.15) is 25.0 Å². The maximum absolute atomic E-state index is 2.48. The highest BCUT2D eigenvalue weighted by Gasteiger charge is 2.38. The highest BCUT2D eigenvalue weighted by atomic mass is 15.1. The smallest absolute Gasteiger partial charge is 0.0543 e. The number of hydrogen-bond acceptors (Lipinski definition) is 1. The Morgan fingerprint density at radius 2 is 0.821 bits per heavy atom. The van der Waals surface area contributed by atoms with Gasteiger partial charge >= 0.3 is 0 Å². The summed E-state index contributed by atoms with van der Waals surface area (Å²) in [7, 11) is 0. The predicted molar refractivity (Wildman–Crippen MR) is 238 cm³/mol. The third-order valence-corrected chi connectivity index (χ3v) is 11.7. The number of anilines is 3. The van der Waals surface area contributed by atoms with E-state index in [2.05, 4.69) is 231 Å². The van der Waals surface area contributed by atoms with Gasteiger partial charge in [0.15, 0.2) is 0 Å². The maximum atomic E-state index is 2.48. The summed E-state index contributed by atoms with van der Waals surface area (Å²) in [4.78, 5) is 2.48. The minimum atomic E-state index is -0.114. The van der Waals surface area contributed by atoms with Gasteiger partial charge in [0.25, 0.3) is 0 Å². The van der Waals surface area contributed by atoms with E-state index in [1.165, 1.54) is 83.2 Å². The SMILES string of the molecule is CC1(C)c2ccccc2-c2c(N(c3ccc(-c4ccccc4-c4ccccc4)cc3)c3ccccc3-c3ccc(-c4ccc5ccccc5c4)cc3)cccc21. The molecule has 56 heavy (non-hydrogen) atoms. The lowest BCUT2D eigenvalue weighted by Gasteiger charge is -2.30. The summed E-state index contributed by atoms with van der Waals surface area (Å²) in [6.07, 6.45) is 0. The van der Waals surface area contributed by atoms with Gasteiger partial charge in [0.05, 0.1) is 11.4 Å². The van der Waals surface area contributed by atoms with Gasteiger partial charge in [0, 0.05) is 22.2 Å². The first-order valence-corrected chi connectivity index (χ1v) is 19.5. The summed E-state index contributed by atoms with van der Waals surface area (Å²) in [5.74, 6) is 0. The van der Waals surface area contributed by atoms with Gasteiger partial charge in [0.1, 0.15) is 0 Å². The van der Waals surface area contributed by atoms with Crippen LogP contribution in [-0.4, -0.2) is 0 Å². The molecule has 266 valence electrons. The number of rotatable bonds is 7. The van der Waals surface area contributed by atoms with Crippen LogP contribution in [0.4, 0.5) is 17.1 Å². The molecule has 0 heterocycles. The molecule has 0 atom stereocenters. The molecule has 0 spiro atoms. The number of fused-ring (bicyclic) bond motifs is 4. The number of nitrogens with zero attached hydrogens (tertiary/aromatic N) is 1. The molecule has 0 amide bonds. The van der Waals surface area contributed by atoms with Crippen molar-refractivity contribution in [1.82, 2.24) is 0 Å². The summed E-state index contributed by atoms with van der Waals surface area (Å²) in [6, 6.07) is 77.6. The molecule has 1 nitrogen and oxygen atoms in total. The first kappa shape index (κ1) is 33.6. The fraction of sp³-hybridized carbons (Fsp3) is 0.0545. The van der Waals surface area contributed by atoms with Gasteiger partial charge in [-0.1, -0.05) is 196 Å². The van der Waals surface area contributed by atoms with E-state index in [-0.39, 0.29) is 5.41 Å².